The molecule has 0 aliphatic rings. The number of hydrogen-bond donors (Lipinski definition) is 1. The molecule has 0 aliphatic heterocycles. The maximum atomic E-state index is 9.45. The second-order valence-electron chi connectivity index (χ2n) is 6.26. The summed E-state index contributed by atoms with van der Waals surface area (Å²) in [4.78, 5) is 0. The molecule has 0 radical (unpaired) electrons. The van der Waals surface area contributed by atoms with E-state index in [4.69, 9.17) is 0 Å². The first-order valence-electron chi connectivity index (χ1n) is 8.27. The third kappa shape index (κ3) is 5.36. The summed E-state index contributed by atoms with van der Waals surface area (Å²) in [6, 6.07) is 10.1. The van der Waals surface area contributed by atoms with Crippen molar-refractivity contribution in [2.45, 2.75) is 27.7 Å². The molecule has 0 unspecified atom stereocenters. The van der Waals surface area contributed by atoms with Gasteiger partial charge in [-0.1, -0.05) is 67.8 Å². The lowest BCUT2D eigenvalue weighted by atomic mass is 9.84. The van der Waals surface area contributed by atoms with Gasteiger partial charge in [0.25, 0.3) is 0 Å². The molecule has 0 spiro atoms. The summed E-state index contributed by atoms with van der Waals surface area (Å²) < 4.78 is 0. The van der Waals surface area contributed by atoms with Gasteiger partial charge in [0.2, 0.25) is 0 Å². The van der Waals surface area contributed by atoms with Crippen LogP contribution in [0.3, 0.4) is 0 Å². The van der Waals surface area contributed by atoms with E-state index >= 15 is 0 Å². The molecular weight excluding hydrogens is 304 g/mol. The molecular formula is C24H28O. The van der Waals surface area contributed by atoms with E-state index in [0.717, 1.165) is 45.3 Å². The Hall–Kier alpha value is -2.80. The Morgan fingerprint density at radius 2 is 1.60 bits per heavy atom. The van der Waals surface area contributed by atoms with E-state index in [2.05, 4.69) is 37.9 Å². The van der Waals surface area contributed by atoms with Gasteiger partial charge in [-0.2, -0.15) is 0 Å². The fourth-order valence-electron chi connectivity index (χ4n) is 2.70. The fraction of sp³-hybridized carbons (Fsp3) is 0.167. The standard InChI is InChI=1S/C24H28O/c1-8-19(6)22(14-15-25)24(21-12-10-9-11-13-21)23(18(4)5)20(7)16-17(2)3/h8-16,25H,1,4,7H2,2-3,5-6H3/b15-14+,22-19+,24-23+. The number of aliphatic hydroxyl groups excluding tert-OH is 1. The molecule has 0 atom stereocenters. The van der Waals surface area contributed by atoms with Crippen LogP contribution in [0.1, 0.15) is 33.3 Å². The summed E-state index contributed by atoms with van der Waals surface area (Å²) in [5.41, 5.74) is 7.84. The third-order valence-corrected chi connectivity index (χ3v) is 3.76. The SMILES string of the molecule is C=C/C(C)=C(\C=C\O)C(=C(\C(=C)C)C(=C)C=C(C)C)/c1ccccc1. The molecule has 0 aliphatic carbocycles. The molecule has 0 saturated heterocycles. The monoisotopic (exact) mass is 332 g/mol. The summed E-state index contributed by atoms with van der Waals surface area (Å²) in [6.07, 6.45) is 6.59. The van der Waals surface area contributed by atoms with Gasteiger partial charge < -0.3 is 5.11 Å². The Morgan fingerprint density at radius 3 is 2.04 bits per heavy atom. The first-order valence-corrected chi connectivity index (χ1v) is 8.27. The Kier molecular flexibility index (Phi) is 7.68. The van der Waals surface area contributed by atoms with Gasteiger partial charge in [-0.3, -0.25) is 0 Å². The fourth-order valence-corrected chi connectivity index (χ4v) is 2.70. The van der Waals surface area contributed by atoms with Gasteiger partial charge in [0.15, 0.2) is 0 Å². The zero-order chi connectivity index (χ0) is 19.0. The molecule has 0 saturated carbocycles. The molecule has 1 nitrogen and oxygen atoms in total. The van der Waals surface area contributed by atoms with Crippen LogP contribution in [0.25, 0.3) is 5.57 Å². The van der Waals surface area contributed by atoms with Gasteiger partial charge >= 0.3 is 0 Å². The van der Waals surface area contributed by atoms with Crippen molar-refractivity contribution in [1.29, 1.82) is 0 Å². The maximum absolute atomic E-state index is 9.45. The van der Waals surface area contributed by atoms with E-state index in [0.29, 0.717) is 0 Å². The molecule has 0 bridgehead atoms. The van der Waals surface area contributed by atoms with Crippen LogP contribution in [0, 0.1) is 0 Å². The predicted molar refractivity (Wildman–Crippen MR) is 111 cm³/mol. The van der Waals surface area contributed by atoms with Crippen molar-refractivity contribution in [3.8, 4) is 0 Å². The summed E-state index contributed by atoms with van der Waals surface area (Å²) >= 11 is 0. The maximum Gasteiger partial charge on any atom is 0.0797 e. The zero-order valence-electron chi connectivity index (χ0n) is 15.8. The van der Waals surface area contributed by atoms with Gasteiger partial charge in [0.1, 0.15) is 0 Å². The highest BCUT2D eigenvalue weighted by molar-refractivity contribution is 5.90. The van der Waals surface area contributed by atoms with Crippen LogP contribution in [-0.4, -0.2) is 5.11 Å². The minimum atomic E-state index is 0.894. The van der Waals surface area contributed by atoms with E-state index in [1.807, 2.05) is 45.9 Å². The van der Waals surface area contributed by atoms with Crippen molar-refractivity contribution >= 4 is 5.57 Å². The quantitative estimate of drug-likeness (QED) is 0.416. The van der Waals surface area contributed by atoms with Crippen LogP contribution in [-0.2, 0) is 0 Å². The number of allylic oxidation sites excluding steroid dienone is 10. The molecule has 1 N–H and O–H groups in total. The van der Waals surface area contributed by atoms with E-state index in [-0.39, 0.29) is 0 Å². The van der Waals surface area contributed by atoms with Gasteiger partial charge in [-0.05, 0) is 72.8 Å². The molecule has 0 heterocycles. The second kappa shape index (κ2) is 9.48. The predicted octanol–water partition coefficient (Wildman–Crippen LogP) is 7.11. The lowest BCUT2D eigenvalue weighted by molar-refractivity contribution is 0.473. The Balaban J connectivity index is 3.98. The van der Waals surface area contributed by atoms with Crippen molar-refractivity contribution < 1.29 is 5.11 Å². The Bertz CT molecular complexity index is 777. The minimum Gasteiger partial charge on any atom is -0.516 e. The Morgan fingerprint density at radius 1 is 1.00 bits per heavy atom. The molecule has 1 rings (SSSR count). The molecule has 25 heavy (non-hydrogen) atoms. The average Bonchev–Trinajstić information content (AvgIpc) is 2.56. The first kappa shape index (κ1) is 20.2. The lowest BCUT2D eigenvalue weighted by Gasteiger charge is -2.20. The van der Waals surface area contributed by atoms with Crippen molar-refractivity contribution in [2.75, 3.05) is 0 Å². The van der Waals surface area contributed by atoms with Crippen LogP contribution >= 0.6 is 0 Å². The van der Waals surface area contributed by atoms with Crippen molar-refractivity contribution in [1.82, 2.24) is 0 Å². The number of aliphatic hydroxyl groups is 1. The van der Waals surface area contributed by atoms with E-state index in [1.54, 1.807) is 12.2 Å². The third-order valence-electron chi connectivity index (χ3n) is 3.76. The average molecular weight is 332 g/mol. The van der Waals surface area contributed by atoms with Crippen LogP contribution in [0.4, 0.5) is 0 Å². The summed E-state index contributed by atoms with van der Waals surface area (Å²) in [6.45, 7) is 20.4. The van der Waals surface area contributed by atoms with Crippen molar-refractivity contribution in [3.63, 3.8) is 0 Å². The molecule has 0 fully saturated rings. The van der Waals surface area contributed by atoms with Gasteiger partial charge in [0, 0.05) is 0 Å². The largest absolute Gasteiger partial charge is 0.516 e. The van der Waals surface area contributed by atoms with E-state index in [1.165, 1.54) is 5.57 Å². The smallest absolute Gasteiger partial charge is 0.0797 e. The Labute approximate surface area is 152 Å². The van der Waals surface area contributed by atoms with Crippen LogP contribution in [0.15, 0.2) is 108 Å². The van der Waals surface area contributed by atoms with Gasteiger partial charge in [0.05, 0.1) is 6.26 Å². The highest BCUT2D eigenvalue weighted by atomic mass is 16.2. The normalized spacial score (nSPS) is 13.0. The number of rotatable bonds is 7. The molecule has 130 valence electrons. The molecule has 1 aromatic carbocycles. The van der Waals surface area contributed by atoms with E-state index < -0.39 is 0 Å². The zero-order valence-corrected chi connectivity index (χ0v) is 15.8. The molecule has 1 heteroatoms. The van der Waals surface area contributed by atoms with Crippen LogP contribution in [0.5, 0.6) is 0 Å². The highest BCUT2D eigenvalue weighted by Crippen LogP contribution is 2.36. The van der Waals surface area contributed by atoms with Crippen LogP contribution < -0.4 is 0 Å². The molecule has 1 aromatic rings. The molecule has 0 aromatic heterocycles. The minimum absolute atomic E-state index is 0.894. The van der Waals surface area contributed by atoms with Crippen molar-refractivity contribution in [2.24, 2.45) is 0 Å². The summed E-state index contributed by atoms with van der Waals surface area (Å²) in [7, 11) is 0. The summed E-state index contributed by atoms with van der Waals surface area (Å²) in [5.74, 6) is 0. The lowest BCUT2D eigenvalue weighted by Crippen LogP contribution is -2.00. The number of hydrogen-bond acceptors (Lipinski definition) is 1. The van der Waals surface area contributed by atoms with Gasteiger partial charge in [-0.25, -0.2) is 0 Å². The first-order chi connectivity index (χ1) is 11.8. The van der Waals surface area contributed by atoms with E-state index in [9.17, 15) is 5.11 Å². The molecule has 0 amide bonds. The highest BCUT2D eigenvalue weighted by Gasteiger charge is 2.16. The topological polar surface area (TPSA) is 20.2 Å². The van der Waals surface area contributed by atoms with Gasteiger partial charge in [-0.15, -0.1) is 0 Å². The van der Waals surface area contributed by atoms with Crippen LogP contribution in [0.2, 0.25) is 0 Å². The number of benzene rings is 1. The second-order valence-corrected chi connectivity index (χ2v) is 6.26. The van der Waals surface area contributed by atoms with Crippen molar-refractivity contribution in [3.05, 3.63) is 114 Å². The summed E-state index contributed by atoms with van der Waals surface area (Å²) in [5, 5.41) is 9.45.